The summed E-state index contributed by atoms with van der Waals surface area (Å²) in [5.74, 6) is 1.60. The standard InChI is InChI=1S/C39H48ClN3O4S/c1-38(2,3)41-37(45)35(21-27-9-6-5-7-10-27)42(25-28-11-8-12-33(40)20-28)36(44)26-43(48(4,46)47)34-15-13-32(14-16-34)39-22-29-17-30(23-39)19-31(18-29)24-39/h5-16,20,29-31,35H,17-19,21-26H2,1-4H3,(H,41,45)/t29?,30?,31?,35-,39?/m1/s1. The van der Waals surface area contributed by atoms with E-state index in [0.29, 0.717) is 10.7 Å². The first-order valence-corrected chi connectivity index (χ1v) is 19.4. The van der Waals surface area contributed by atoms with Crippen molar-refractivity contribution in [1.29, 1.82) is 0 Å². The molecule has 3 aromatic rings. The molecule has 4 fully saturated rings. The van der Waals surface area contributed by atoms with E-state index in [0.717, 1.165) is 35.1 Å². The number of benzene rings is 3. The lowest BCUT2D eigenvalue weighted by Crippen LogP contribution is -2.56. The van der Waals surface area contributed by atoms with E-state index < -0.39 is 34.1 Å². The Hall–Kier alpha value is -3.36. The van der Waals surface area contributed by atoms with Gasteiger partial charge in [-0.25, -0.2) is 8.42 Å². The van der Waals surface area contributed by atoms with E-state index in [9.17, 15) is 18.0 Å². The van der Waals surface area contributed by atoms with Gasteiger partial charge in [-0.1, -0.05) is 66.2 Å². The van der Waals surface area contributed by atoms with Crippen molar-refractivity contribution in [2.75, 3.05) is 17.1 Å². The van der Waals surface area contributed by atoms with Crippen LogP contribution in [-0.4, -0.2) is 49.5 Å². The summed E-state index contributed by atoms with van der Waals surface area (Å²) in [6, 6.07) is 23.7. The first kappa shape index (κ1) is 34.5. The molecule has 7 nitrogen and oxygen atoms in total. The average Bonchev–Trinajstić information content (AvgIpc) is 3.00. The van der Waals surface area contributed by atoms with E-state index in [4.69, 9.17) is 11.6 Å². The lowest BCUT2D eigenvalue weighted by molar-refractivity contribution is -0.140. The monoisotopic (exact) mass is 689 g/mol. The largest absolute Gasteiger partial charge is 0.350 e. The number of hydrogen-bond acceptors (Lipinski definition) is 4. The molecule has 0 aromatic heterocycles. The Morgan fingerprint density at radius 1 is 0.875 bits per heavy atom. The van der Waals surface area contributed by atoms with Crippen molar-refractivity contribution in [3.05, 3.63) is 101 Å². The summed E-state index contributed by atoms with van der Waals surface area (Å²) < 4.78 is 27.9. The number of anilines is 1. The number of amides is 2. The Morgan fingerprint density at radius 2 is 1.46 bits per heavy atom. The first-order valence-electron chi connectivity index (χ1n) is 17.2. The third kappa shape index (κ3) is 7.92. The smallest absolute Gasteiger partial charge is 0.244 e. The molecule has 0 spiro atoms. The van der Waals surface area contributed by atoms with Gasteiger partial charge < -0.3 is 10.2 Å². The van der Waals surface area contributed by atoms with Gasteiger partial charge in [0.1, 0.15) is 12.6 Å². The molecule has 256 valence electrons. The van der Waals surface area contributed by atoms with Gasteiger partial charge in [-0.05, 0) is 123 Å². The zero-order valence-electron chi connectivity index (χ0n) is 28.5. The molecule has 2 amide bonds. The maximum Gasteiger partial charge on any atom is 0.244 e. The van der Waals surface area contributed by atoms with Crippen LogP contribution in [0.3, 0.4) is 0 Å². The summed E-state index contributed by atoms with van der Waals surface area (Å²) in [6.45, 7) is 5.32. The van der Waals surface area contributed by atoms with Crippen LogP contribution < -0.4 is 9.62 Å². The summed E-state index contributed by atoms with van der Waals surface area (Å²) in [6.07, 6.45) is 9.08. The SMILES string of the molecule is CC(C)(C)NC(=O)[C@@H](Cc1ccccc1)N(Cc1cccc(Cl)c1)C(=O)CN(c1ccc(C23CC4CC(CC(C4)C2)C3)cc1)S(C)(=O)=O. The highest BCUT2D eigenvalue weighted by Gasteiger charge is 2.51. The van der Waals surface area contributed by atoms with Gasteiger partial charge in [-0.2, -0.15) is 0 Å². The second kappa shape index (κ2) is 13.5. The highest BCUT2D eigenvalue weighted by Crippen LogP contribution is 2.60. The maximum atomic E-state index is 14.5. The van der Waals surface area contributed by atoms with Gasteiger partial charge in [0.2, 0.25) is 21.8 Å². The molecule has 9 heteroatoms. The number of rotatable bonds is 11. The Kier molecular flexibility index (Phi) is 9.71. The van der Waals surface area contributed by atoms with Gasteiger partial charge in [0.15, 0.2) is 0 Å². The van der Waals surface area contributed by atoms with E-state index in [1.54, 1.807) is 18.2 Å². The minimum Gasteiger partial charge on any atom is -0.350 e. The fourth-order valence-corrected chi connectivity index (χ4v) is 9.96. The molecule has 0 unspecified atom stereocenters. The van der Waals surface area contributed by atoms with Crippen LogP contribution in [0.15, 0.2) is 78.9 Å². The summed E-state index contributed by atoms with van der Waals surface area (Å²) in [7, 11) is -3.85. The molecule has 7 rings (SSSR count). The number of nitrogens with zero attached hydrogens (tertiary/aromatic N) is 2. The van der Waals surface area contributed by atoms with Crippen LogP contribution in [0.5, 0.6) is 0 Å². The molecule has 0 radical (unpaired) electrons. The van der Waals surface area contributed by atoms with Gasteiger partial charge in [0, 0.05) is 23.5 Å². The van der Waals surface area contributed by atoms with Crippen molar-refractivity contribution >= 4 is 39.1 Å². The molecular weight excluding hydrogens is 642 g/mol. The maximum absolute atomic E-state index is 14.5. The minimum atomic E-state index is -3.85. The third-order valence-corrected chi connectivity index (χ3v) is 11.9. The highest BCUT2D eigenvalue weighted by atomic mass is 35.5. The van der Waals surface area contributed by atoms with Crippen LogP contribution in [0.1, 0.15) is 76.0 Å². The molecule has 4 aliphatic carbocycles. The summed E-state index contributed by atoms with van der Waals surface area (Å²) in [4.78, 5) is 29.9. The molecule has 4 saturated carbocycles. The van der Waals surface area contributed by atoms with Crippen molar-refractivity contribution in [3.63, 3.8) is 0 Å². The fraction of sp³-hybridized carbons (Fsp3) is 0.487. The number of hydrogen-bond donors (Lipinski definition) is 1. The zero-order valence-corrected chi connectivity index (χ0v) is 30.1. The zero-order chi connectivity index (χ0) is 34.3. The van der Waals surface area contributed by atoms with Crippen LogP contribution in [0.4, 0.5) is 5.69 Å². The van der Waals surface area contributed by atoms with Crippen molar-refractivity contribution < 1.29 is 18.0 Å². The minimum absolute atomic E-state index is 0.0804. The highest BCUT2D eigenvalue weighted by molar-refractivity contribution is 7.92. The first-order chi connectivity index (χ1) is 22.7. The molecule has 4 aliphatic rings. The van der Waals surface area contributed by atoms with Crippen LogP contribution in [0.25, 0.3) is 0 Å². The predicted octanol–water partition coefficient (Wildman–Crippen LogP) is 7.13. The molecule has 1 N–H and O–H groups in total. The number of carbonyl (C=O) groups excluding carboxylic acids is 2. The van der Waals surface area contributed by atoms with Crippen LogP contribution in [0, 0.1) is 17.8 Å². The summed E-state index contributed by atoms with van der Waals surface area (Å²) >= 11 is 6.33. The Labute approximate surface area is 291 Å². The van der Waals surface area contributed by atoms with E-state index in [-0.39, 0.29) is 24.3 Å². The molecule has 3 aromatic carbocycles. The Morgan fingerprint density at radius 3 is 2.00 bits per heavy atom. The van der Waals surface area contributed by atoms with E-state index in [2.05, 4.69) is 17.4 Å². The van der Waals surface area contributed by atoms with Gasteiger partial charge in [-0.15, -0.1) is 0 Å². The van der Waals surface area contributed by atoms with Crippen molar-refractivity contribution in [2.45, 2.75) is 89.3 Å². The third-order valence-electron chi connectivity index (χ3n) is 10.5. The lowest BCUT2D eigenvalue weighted by Gasteiger charge is -2.57. The van der Waals surface area contributed by atoms with Gasteiger partial charge in [-0.3, -0.25) is 13.9 Å². The lowest BCUT2D eigenvalue weighted by atomic mass is 9.48. The quantitative estimate of drug-likeness (QED) is 0.232. The molecule has 48 heavy (non-hydrogen) atoms. The molecule has 4 bridgehead atoms. The normalized spacial score (nSPS) is 23.8. The second-order valence-corrected chi connectivity index (χ2v) is 18.0. The molecule has 1 atom stereocenters. The van der Waals surface area contributed by atoms with Crippen LogP contribution >= 0.6 is 11.6 Å². The molecule has 0 aliphatic heterocycles. The molecule has 0 saturated heterocycles. The topological polar surface area (TPSA) is 86.8 Å². The van der Waals surface area contributed by atoms with Crippen LogP contribution in [0.2, 0.25) is 5.02 Å². The Balaban J connectivity index is 1.31. The predicted molar refractivity (Wildman–Crippen MR) is 192 cm³/mol. The summed E-state index contributed by atoms with van der Waals surface area (Å²) in [5, 5.41) is 3.57. The Bertz CT molecular complexity index is 1700. The van der Waals surface area contributed by atoms with Crippen molar-refractivity contribution in [1.82, 2.24) is 10.2 Å². The molecular formula is C39H48ClN3O4S. The fourth-order valence-electron chi connectivity index (χ4n) is 8.90. The molecule has 0 heterocycles. The van der Waals surface area contributed by atoms with E-state index in [1.807, 2.05) is 69.3 Å². The number of sulfonamides is 1. The van der Waals surface area contributed by atoms with E-state index in [1.165, 1.54) is 53.3 Å². The van der Waals surface area contributed by atoms with Crippen LogP contribution in [-0.2, 0) is 38.0 Å². The number of carbonyl (C=O) groups is 2. The van der Waals surface area contributed by atoms with Crippen molar-refractivity contribution in [2.24, 2.45) is 17.8 Å². The summed E-state index contributed by atoms with van der Waals surface area (Å²) in [5.41, 5.74) is 2.99. The average molecular weight is 690 g/mol. The number of nitrogens with one attached hydrogen (secondary N) is 1. The second-order valence-electron chi connectivity index (χ2n) is 15.6. The van der Waals surface area contributed by atoms with E-state index >= 15 is 0 Å². The van der Waals surface area contributed by atoms with Crippen molar-refractivity contribution in [3.8, 4) is 0 Å². The number of halogens is 1. The van der Waals surface area contributed by atoms with Gasteiger partial charge >= 0.3 is 0 Å². The van der Waals surface area contributed by atoms with Gasteiger partial charge in [0.05, 0.1) is 11.9 Å². The van der Waals surface area contributed by atoms with Gasteiger partial charge in [0.25, 0.3) is 0 Å².